The number of hydrogen-bond acceptors (Lipinski definition) is 4. The summed E-state index contributed by atoms with van der Waals surface area (Å²) in [5.41, 5.74) is -0.385. The van der Waals surface area contributed by atoms with Gasteiger partial charge in [-0.05, 0) is 6.92 Å². The van der Waals surface area contributed by atoms with E-state index in [1.807, 2.05) is 0 Å². The van der Waals surface area contributed by atoms with Gasteiger partial charge < -0.3 is 20.1 Å². The Morgan fingerprint density at radius 2 is 1.87 bits per heavy atom. The Labute approximate surface area is 90.0 Å². The topological polar surface area (TPSA) is 87.0 Å². The molecule has 1 unspecified atom stereocenters. The molecule has 0 aromatic carbocycles. The monoisotopic (exact) mass is 220 g/mol. The van der Waals surface area contributed by atoms with E-state index in [-0.39, 0.29) is 12.2 Å². The predicted octanol–water partition coefficient (Wildman–Crippen LogP) is 0.617. The maximum atomic E-state index is 9.60. The molecule has 90 valence electrons. The van der Waals surface area contributed by atoms with E-state index in [1.54, 1.807) is 13.8 Å². The molecule has 0 amide bonds. The number of hydrogen-bond donors (Lipinski definition) is 3. The number of carboxylic acids is 1. The van der Waals surface area contributed by atoms with Crippen LogP contribution >= 0.6 is 0 Å². The zero-order valence-corrected chi connectivity index (χ0v) is 9.65. The summed E-state index contributed by atoms with van der Waals surface area (Å²) < 4.78 is 4.60. The first kappa shape index (κ1) is 16.5. The third kappa shape index (κ3) is 8.11. The molecule has 0 aliphatic rings. The SMILES string of the molecule is C=C(C)C(=O)O.COC(O)C(C)(C)CO. The molecule has 0 aliphatic carbocycles. The molecule has 1 atom stereocenters. The largest absolute Gasteiger partial charge is 0.478 e. The lowest BCUT2D eigenvalue weighted by Crippen LogP contribution is -2.33. The van der Waals surface area contributed by atoms with E-state index in [0.717, 1.165) is 0 Å². The zero-order valence-electron chi connectivity index (χ0n) is 9.65. The minimum atomic E-state index is -0.935. The van der Waals surface area contributed by atoms with Crippen LogP contribution in [0.2, 0.25) is 0 Å². The van der Waals surface area contributed by atoms with Gasteiger partial charge >= 0.3 is 5.97 Å². The van der Waals surface area contributed by atoms with Crippen molar-refractivity contribution >= 4 is 5.97 Å². The van der Waals surface area contributed by atoms with Crippen molar-refractivity contribution in [3.8, 4) is 0 Å². The van der Waals surface area contributed by atoms with Crippen molar-refractivity contribution in [1.29, 1.82) is 0 Å². The summed E-state index contributed by atoms with van der Waals surface area (Å²) in [6.45, 7) is 7.97. The molecule has 0 saturated carbocycles. The van der Waals surface area contributed by atoms with Crippen molar-refractivity contribution in [2.24, 2.45) is 5.41 Å². The van der Waals surface area contributed by atoms with Crippen LogP contribution in [0.5, 0.6) is 0 Å². The highest BCUT2D eigenvalue weighted by atomic mass is 16.6. The van der Waals surface area contributed by atoms with Crippen molar-refractivity contribution in [1.82, 2.24) is 0 Å². The van der Waals surface area contributed by atoms with Gasteiger partial charge in [0.2, 0.25) is 0 Å². The van der Waals surface area contributed by atoms with E-state index >= 15 is 0 Å². The minimum absolute atomic E-state index is 0.0813. The second kappa shape index (κ2) is 7.39. The standard InChI is InChI=1S/C6H14O3.C4H6O2/c1-6(2,4-7)5(8)9-3;1-3(2)4(5)6/h5,7-8H,4H2,1-3H3;1H2,2H3,(H,5,6). The van der Waals surface area contributed by atoms with Gasteiger partial charge in [0.25, 0.3) is 0 Å². The van der Waals surface area contributed by atoms with Crippen molar-refractivity contribution in [2.45, 2.75) is 27.1 Å². The van der Waals surface area contributed by atoms with E-state index < -0.39 is 17.7 Å². The van der Waals surface area contributed by atoms with Gasteiger partial charge in [-0.25, -0.2) is 4.79 Å². The van der Waals surface area contributed by atoms with Crippen LogP contribution in [0.25, 0.3) is 0 Å². The summed E-state index contributed by atoms with van der Waals surface area (Å²) in [6.07, 6.45) is -0.887. The molecule has 0 fully saturated rings. The number of carbonyl (C=O) groups is 1. The van der Waals surface area contributed by atoms with Gasteiger partial charge in [0.15, 0.2) is 6.29 Å². The molecule has 0 spiro atoms. The summed E-state index contributed by atoms with van der Waals surface area (Å²) in [7, 11) is 1.40. The molecule has 3 N–H and O–H groups in total. The van der Waals surface area contributed by atoms with Crippen LogP contribution in [-0.4, -0.2) is 41.3 Å². The van der Waals surface area contributed by atoms with E-state index in [2.05, 4.69) is 11.3 Å². The molecule has 5 heteroatoms. The maximum Gasteiger partial charge on any atom is 0.330 e. The molecule has 0 aliphatic heterocycles. The maximum absolute atomic E-state index is 9.60. The Bertz CT molecular complexity index is 198. The number of carboxylic acid groups (broad SMARTS) is 1. The molecule has 5 nitrogen and oxygen atoms in total. The highest BCUT2D eigenvalue weighted by molar-refractivity contribution is 5.84. The molecule has 0 bridgehead atoms. The summed E-state index contributed by atoms with van der Waals surface area (Å²) in [6, 6.07) is 0. The Morgan fingerprint density at radius 3 is 1.93 bits per heavy atom. The molecule has 15 heavy (non-hydrogen) atoms. The van der Waals surface area contributed by atoms with Crippen LogP contribution in [0.3, 0.4) is 0 Å². The number of aliphatic carboxylic acids is 1. The van der Waals surface area contributed by atoms with Crippen LogP contribution in [-0.2, 0) is 9.53 Å². The Hall–Kier alpha value is -0.910. The third-order valence-electron chi connectivity index (χ3n) is 1.66. The van der Waals surface area contributed by atoms with Crippen LogP contribution in [0.4, 0.5) is 0 Å². The Morgan fingerprint density at radius 1 is 1.53 bits per heavy atom. The average molecular weight is 220 g/mol. The average Bonchev–Trinajstić information content (AvgIpc) is 2.17. The van der Waals surface area contributed by atoms with Crippen LogP contribution in [0.15, 0.2) is 12.2 Å². The fourth-order valence-corrected chi connectivity index (χ4v) is 0.397. The number of ether oxygens (including phenoxy) is 1. The van der Waals surface area contributed by atoms with Crippen LogP contribution in [0, 0.1) is 5.41 Å². The highest BCUT2D eigenvalue weighted by Gasteiger charge is 2.26. The minimum Gasteiger partial charge on any atom is -0.478 e. The number of aliphatic hydroxyl groups is 2. The number of methoxy groups -OCH3 is 1. The van der Waals surface area contributed by atoms with E-state index in [4.69, 9.17) is 15.3 Å². The lowest BCUT2D eigenvalue weighted by molar-refractivity contribution is -0.158. The van der Waals surface area contributed by atoms with Gasteiger partial charge in [-0.2, -0.15) is 0 Å². The number of aliphatic hydroxyl groups excluding tert-OH is 2. The second-order valence-corrected chi connectivity index (χ2v) is 3.82. The lowest BCUT2D eigenvalue weighted by atomic mass is 9.94. The predicted molar refractivity (Wildman–Crippen MR) is 56.3 cm³/mol. The Kier molecular flexibility index (Phi) is 8.14. The second-order valence-electron chi connectivity index (χ2n) is 3.82. The molecule has 0 aromatic rings. The first-order valence-corrected chi connectivity index (χ1v) is 4.39. The van der Waals surface area contributed by atoms with Gasteiger partial charge in [-0.15, -0.1) is 0 Å². The first-order chi connectivity index (χ1) is 6.68. The summed E-state index contributed by atoms with van der Waals surface area (Å²) in [4.78, 5) is 9.60. The van der Waals surface area contributed by atoms with Gasteiger partial charge in [0, 0.05) is 18.1 Å². The summed E-state index contributed by atoms with van der Waals surface area (Å²) in [5.74, 6) is -0.935. The van der Waals surface area contributed by atoms with E-state index in [9.17, 15) is 4.79 Å². The summed E-state index contributed by atoms with van der Waals surface area (Å²) in [5, 5.41) is 25.6. The normalized spacial score (nSPS) is 12.4. The smallest absolute Gasteiger partial charge is 0.330 e. The van der Waals surface area contributed by atoms with Gasteiger partial charge in [0.1, 0.15) is 0 Å². The lowest BCUT2D eigenvalue weighted by Gasteiger charge is -2.26. The molecule has 0 saturated heterocycles. The summed E-state index contributed by atoms with van der Waals surface area (Å²) >= 11 is 0. The zero-order chi connectivity index (χ0) is 12.6. The van der Waals surface area contributed by atoms with Gasteiger partial charge in [-0.3, -0.25) is 0 Å². The molecular formula is C10H20O5. The molecule has 0 heterocycles. The van der Waals surface area contributed by atoms with Gasteiger partial charge in [0.05, 0.1) is 6.61 Å². The molecule has 0 aromatic heterocycles. The third-order valence-corrected chi connectivity index (χ3v) is 1.66. The van der Waals surface area contributed by atoms with Crippen molar-refractivity contribution < 1.29 is 24.9 Å². The molecule has 0 radical (unpaired) electrons. The number of rotatable bonds is 4. The quantitative estimate of drug-likeness (QED) is 0.477. The van der Waals surface area contributed by atoms with E-state index in [1.165, 1.54) is 14.0 Å². The highest BCUT2D eigenvalue weighted by Crippen LogP contribution is 2.19. The first-order valence-electron chi connectivity index (χ1n) is 4.39. The van der Waals surface area contributed by atoms with Crippen LogP contribution < -0.4 is 0 Å². The van der Waals surface area contributed by atoms with Crippen molar-refractivity contribution in [2.75, 3.05) is 13.7 Å². The van der Waals surface area contributed by atoms with E-state index in [0.29, 0.717) is 0 Å². The molecular weight excluding hydrogens is 200 g/mol. The van der Waals surface area contributed by atoms with Crippen molar-refractivity contribution in [3.05, 3.63) is 12.2 Å². The fraction of sp³-hybridized carbons (Fsp3) is 0.700. The fourth-order valence-electron chi connectivity index (χ4n) is 0.397. The van der Waals surface area contributed by atoms with Crippen LogP contribution in [0.1, 0.15) is 20.8 Å². The van der Waals surface area contributed by atoms with Gasteiger partial charge in [-0.1, -0.05) is 20.4 Å². The Balaban J connectivity index is 0. The molecule has 0 rings (SSSR count). The van der Waals surface area contributed by atoms with Crippen molar-refractivity contribution in [3.63, 3.8) is 0 Å².